The van der Waals surface area contributed by atoms with Gasteiger partial charge >= 0.3 is 0 Å². The molecule has 84 valence electrons. The van der Waals surface area contributed by atoms with Crippen LogP contribution in [-0.2, 0) is 6.42 Å². The minimum Gasteiger partial charge on any atom is -0.496 e. The van der Waals surface area contributed by atoms with Crippen molar-refractivity contribution in [2.45, 2.75) is 26.4 Å². The van der Waals surface area contributed by atoms with Crippen molar-refractivity contribution in [3.63, 3.8) is 0 Å². The fourth-order valence-corrected chi connectivity index (χ4v) is 1.61. The van der Waals surface area contributed by atoms with Crippen molar-refractivity contribution in [1.82, 2.24) is 0 Å². The molecular formula is C12H18O3. The van der Waals surface area contributed by atoms with Crippen molar-refractivity contribution in [3.8, 4) is 11.5 Å². The highest BCUT2D eigenvalue weighted by molar-refractivity contribution is 5.48. The summed E-state index contributed by atoms with van der Waals surface area (Å²) in [5, 5.41) is 9.40. The van der Waals surface area contributed by atoms with Gasteiger partial charge in [-0.05, 0) is 31.5 Å². The molecule has 0 saturated heterocycles. The molecular weight excluding hydrogens is 192 g/mol. The number of rotatable bonds is 4. The molecule has 0 saturated carbocycles. The Bertz CT molecular complexity index is 307. The number of hydrogen-bond acceptors (Lipinski definition) is 3. The molecule has 1 N–H and O–H groups in total. The van der Waals surface area contributed by atoms with Gasteiger partial charge in [0.25, 0.3) is 0 Å². The largest absolute Gasteiger partial charge is 0.496 e. The number of aliphatic hydroxyl groups excluding tert-OH is 1. The minimum absolute atomic E-state index is 0.407. The maximum atomic E-state index is 9.40. The van der Waals surface area contributed by atoms with Crippen LogP contribution in [0.1, 0.15) is 18.1 Å². The molecule has 0 fully saturated rings. The molecule has 1 atom stereocenters. The predicted molar refractivity (Wildman–Crippen MR) is 59.7 cm³/mol. The molecule has 0 aliphatic rings. The molecule has 3 heteroatoms. The summed E-state index contributed by atoms with van der Waals surface area (Å²) in [6, 6.07) is 3.89. The Morgan fingerprint density at radius 2 is 1.67 bits per heavy atom. The van der Waals surface area contributed by atoms with E-state index < -0.39 is 6.10 Å². The van der Waals surface area contributed by atoms with Crippen molar-refractivity contribution < 1.29 is 14.6 Å². The van der Waals surface area contributed by atoms with E-state index in [4.69, 9.17) is 9.47 Å². The van der Waals surface area contributed by atoms with Crippen LogP contribution in [0.2, 0.25) is 0 Å². The van der Waals surface area contributed by atoms with Gasteiger partial charge in [-0.15, -0.1) is 0 Å². The third kappa shape index (κ3) is 2.86. The van der Waals surface area contributed by atoms with Crippen molar-refractivity contribution in [2.24, 2.45) is 0 Å². The van der Waals surface area contributed by atoms with Crippen molar-refractivity contribution in [2.75, 3.05) is 14.2 Å². The first-order chi connectivity index (χ1) is 7.08. The Balaban J connectivity index is 3.18. The van der Waals surface area contributed by atoms with E-state index >= 15 is 0 Å². The summed E-state index contributed by atoms with van der Waals surface area (Å²) in [4.78, 5) is 0. The van der Waals surface area contributed by atoms with Crippen molar-refractivity contribution >= 4 is 0 Å². The van der Waals surface area contributed by atoms with Gasteiger partial charge in [-0.2, -0.15) is 0 Å². The topological polar surface area (TPSA) is 38.7 Å². The molecule has 0 aliphatic carbocycles. The second-order valence-corrected chi connectivity index (χ2v) is 3.70. The number of hydrogen-bond donors (Lipinski definition) is 1. The first-order valence-corrected chi connectivity index (χ1v) is 4.98. The van der Waals surface area contributed by atoms with E-state index in [0.717, 1.165) is 22.6 Å². The Morgan fingerprint density at radius 3 is 2.00 bits per heavy atom. The molecule has 1 aromatic rings. The first kappa shape index (κ1) is 11.9. The molecule has 0 heterocycles. The highest BCUT2D eigenvalue weighted by Gasteiger charge is 2.13. The molecule has 0 radical (unpaired) electrons. The molecule has 1 rings (SSSR count). The first-order valence-electron chi connectivity index (χ1n) is 4.98. The predicted octanol–water partition coefficient (Wildman–Crippen LogP) is 1.94. The molecule has 0 bridgehead atoms. The average molecular weight is 210 g/mol. The lowest BCUT2D eigenvalue weighted by Gasteiger charge is -2.15. The zero-order valence-electron chi connectivity index (χ0n) is 9.70. The highest BCUT2D eigenvalue weighted by atomic mass is 16.5. The molecule has 1 aromatic carbocycles. The number of methoxy groups -OCH3 is 2. The van der Waals surface area contributed by atoms with Gasteiger partial charge in [-0.1, -0.05) is 0 Å². The van der Waals surface area contributed by atoms with E-state index in [-0.39, 0.29) is 0 Å². The lowest BCUT2D eigenvalue weighted by molar-refractivity contribution is 0.192. The van der Waals surface area contributed by atoms with Crippen LogP contribution < -0.4 is 9.47 Å². The van der Waals surface area contributed by atoms with Crippen LogP contribution in [0, 0.1) is 6.92 Å². The van der Waals surface area contributed by atoms with E-state index in [1.807, 2.05) is 19.1 Å². The van der Waals surface area contributed by atoms with Crippen LogP contribution in [0.4, 0.5) is 0 Å². The highest BCUT2D eigenvalue weighted by Crippen LogP contribution is 2.31. The van der Waals surface area contributed by atoms with Gasteiger partial charge in [-0.3, -0.25) is 0 Å². The lowest BCUT2D eigenvalue weighted by atomic mass is 10.0. The zero-order chi connectivity index (χ0) is 11.4. The van der Waals surface area contributed by atoms with Crippen LogP contribution in [-0.4, -0.2) is 25.4 Å². The fourth-order valence-electron chi connectivity index (χ4n) is 1.61. The normalized spacial score (nSPS) is 12.3. The van der Waals surface area contributed by atoms with Crippen molar-refractivity contribution in [1.29, 1.82) is 0 Å². The third-order valence-corrected chi connectivity index (χ3v) is 2.25. The molecule has 15 heavy (non-hydrogen) atoms. The summed E-state index contributed by atoms with van der Waals surface area (Å²) in [5.74, 6) is 1.54. The van der Waals surface area contributed by atoms with E-state index in [9.17, 15) is 5.11 Å². The molecule has 0 aromatic heterocycles. The van der Waals surface area contributed by atoms with Gasteiger partial charge in [0.2, 0.25) is 0 Å². The summed E-state index contributed by atoms with van der Waals surface area (Å²) in [7, 11) is 3.25. The van der Waals surface area contributed by atoms with Crippen LogP contribution >= 0.6 is 0 Å². The smallest absolute Gasteiger partial charge is 0.126 e. The van der Waals surface area contributed by atoms with Gasteiger partial charge in [0.1, 0.15) is 11.5 Å². The van der Waals surface area contributed by atoms with Crippen LogP contribution in [0.25, 0.3) is 0 Å². The second kappa shape index (κ2) is 5.03. The third-order valence-electron chi connectivity index (χ3n) is 2.25. The summed E-state index contributed by atoms with van der Waals surface area (Å²) in [6.45, 7) is 3.73. The Hall–Kier alpha value is -1.22. The van der Waals surface area contributed by atoms with Gasteiger partial charge in [0.15, 0.2) is 0 Å². The van der Waals surface area contributed by atoms with Gasteiger partial charge < -0.3 is 14.6 Å². The average Bonchev–Trinajstić information content (AvgIpc) is 2.19. The fraction of sp³-hybridized carbons (Fsp3) is 0.500. The van der Waals surface area contributed by atoms with Crippen LogP contribution in [0.15, 0.2) is 12.1 Å². The van der Waals surface area contributed by atoms with Crippen LogP contribution in [0.5, 0.6) is 11.5 Å². The molecule has 0 amide bonds. The Morgan fingerprint density at radius 1 is 1.20 bits per heavy atom. The second-order valence-electron chi connectivity index (χ2n) is 3.70. The van der Waals surface area contributed by atoms with Gasteiger partial charge in [0.05, 0.1) is 20.3 Å². The van der Waals surface area contributed by atoms with Gasteiger partial charge in [0, 0.05) is 12.0 Å². The number of benzene rings is 1. The zero-order valence-corrected chi connectivity index (χ0v) is 9.70. The molecule has 0 aliphatic heterocycles. The summed E-state index contributed by atoms with van der Waals surface area (Å²) in [6.07, 6.45) is 0.127. The quantitative estimate of drug-likeness (QED) is 0.825. The number of aliphatic hydroxyl groups is 1. The Kier molecular flexibility index (Phi) is 3.97. The van der Waals surface area contributed by atoms with Crippen LogP contribution in [0.3, 0.4) is 0 Å². The molecule has 3 nitrogen and oxygen atoms in total. The molecule has 1 unspecified atom stereocenters. The molecule has 0 spiro atoms. The van der Waals surface area contributed by atoms with E-state index in [1.54, 1.807) is 21.1 Å². The number of ether oxygens (including phenoxy) is 2. The minimum atomic E-state index is -0.407. The number of aryl methyl sites for hydroxylation is 1. The van der Waals surface area contributed by atoms with Gasteiger partial charge in [-0.25, -0.2) is 0 Å². The van der Waals surface area contributed by atoms with E-state index in [1.165, 1.54) is 0 Å². The summed E-state index contributed by atoms with van der Waals surface area (Å²) in [5.41, 5.74) is 2.00. The van der Waals surface area contributed by atoms with E-state index in [2.05, 4.69) is 0 Å². The Labute approximate surface area is 90.6 Å². The standard InChI is InChI=1S/C12H18O3/c1-8-5-11(14-3)10(7-9(2)13)12(6-8)15-4/h5-6,9,13H,7H2,1-4H3. The van der Waals surface area contributed by atoms with E-state index in [0.29, 0.717) is 6.42 Å². The maximum Gasteiger partial charge on any atom is 0.126 e. The summed E-state index contributed by atoms with van der Waals surface area (Å²) < 4.78 is 10.6. The monoisotopic (exact) mass is 210 g/mol. The SMILES string of the molecule is COc1cc(C)cc(OC)c1CC(C)O. The lowest BCUT2D eigenvalue weighted by Crippen LogP contribution is -2.07. The summed E-state index contributed by atoms with van der Waals surface area (Å²) >= 11 is 0. The van der Waals surface area contributed by atoms with Crippen molar-refractivity contribution in [3.05, 3.63) is 23.3 Å². The maximum absolute atomic E-state index is 9.40.